The van der Waals surface area contributed by atoms with Crippen molar-refractivity contribution >= 4 is 32.6 Å². The summed E-state index contributed by atoms with van der Waals surface area (Å²) in [4.78, 5) is 4.92. The summed E-state index contributed by atoms with van der Waals surface area (Å²) in [5, 5.41) is 4.87. The molecule has 1 fully saturated rings. The Morgan fingerprint density at radius 1 is 0.810 bits per heavy atom. The number of ether oxygens (including phenoxy) is 1. The number of para-hydroxylation sites is 1. The van der Waals surface area contributed by atoms with Crippen LogP contribution in [0.5, 0.6) is 0 Å². The Labute approximate surface area is 122 Å². The van der Waals surface area contributed by atoms with Crippen LogP contribution in [0.3, 0.4) is 0 Å². The SMILES string of the molecule is c1ccc2c(c1)ccc1c(C3CO3)c3ccccc3nc12. The summed E-state index contributed by atoms with van der Waals surface area (Å²) in [6.07, 6.45) is 0.224. The van der Waals surface area contributed by atoms with E-state index in [-0.39, 0.29) is 6.10 Å². The predicted molar refractivity (Wildman–Crippen MR) is 85.4 cm³/mol. The summed E-state index contributed by atoms with van der Waals surface area (Å²) >= 11 is 0. The normalized spacial score (nSPS) is 17.6. The molecule has 4 aromatic rings. The standard InChI is InChI=1S/C19H13NO/c1-2-6-13-12(5-1)9-10-15-18(17-11-21-17)14-7-3-4-8-16(14)20-19(13)15/h1-10,17H,11H2. The molecule has 0 saturated carbocycles. The molecule has 1 aliphatic heterocycles. The molecule has 21 heavy (non-hydrogen) atoms. The second-order valence-corrected chi connectivity index (χ2v) is 5.55. The Balaban J connectivity index is 2.05. The average Bonchev–Trinajstić information content (AvgIpc) is 3.37. The first-order valence-corrected chi connectivity index (χ1v) is 7.23. The van der Waals surface area contributed by atoms with Crippen LogP contribution in [0, 0.1) is 0 Å². The Kier molecular flexibility index (Phi) is 2.15. The van der Waals surface area contributed by atoms with E-state index >= 15 is 0 Å². The number of aromatic nitrogens is 1. The van der Waals surface area contributed by atoms with Crippen molar-refractivity contribution in [3.63, 3.8) is 0 Å². The van der Waals surface area contributed by atoms with E-state index in [2.05, 4.69) is 54.6 Å². The summed E-state index contributed by atoms with van der Waals surface area (Å²) in [5.74, 6) is 0. The highest BCUT2D eigenvalue weighted by atomic mass is 16.6. The Hall–Kier alpha value is -2.45. The first-order valence-electron chi connectivity index (χ1n) is 7.23. The van der Waals surface area contributed by atoms with Crippen molar-refractivity contribution in [1.29, 1.82) is 0 Å². The number of rotatable bonds is 1. The Morgan fingerprint density at radius 2 is 1.57 bits per heavy atom. The molecule has 1 aliphatic rings. The van der Waals surface area contributed by atoms with Gasteiger partial charge in [-0.2, -0.15) is 0 Å². The van der Waals surface area contributed by atoms with Crippen LogP contribution in [0.2, 0.25) is 0 Å². The first-order chi connectivity index (χ1) is 10.4. The van der Waals surface area contributed by atoms with Crippen LogP contribution >= 0.6 is 0 Å². The quantitative estimate of drug-likeness (QED) is 0.287. The third kappa shape index (κ3) is 1.60. The van der Waals surface area contributed by atoms with Gasteiger partial charge in [0.25, 0.3) is 0 Å². The van der Waals surface area contributed by atoms with Gasteiger partial charge in [0.05, 0.1) is 17.6 Å². The molecule has 3 aromatic carbocycles. The number of nitrogens with zero attached hydrogens (tertiary/aromatic N) is 1. The van der Waals surface area contributed by atoms with Crippen molar-refractivity contribution in [3.8, 4) is 0 Å². The number of hydrogen-bond acceptors (Lipinski definition) is 2. The minimum absolute atomic E-state index is 0.224. The van der Waals surface area contributed by atoms with E-state index in [0.29, 0.717) is 0 Å². The smallest absolute Gasteiger partial charge is 0.107 e. The lowest BCUT2D eigenvalue weighted by molar-refractivity contribution is 0.418. The van der Waals surface area contributed by atoms with Crippen molar-refractivity contribution in [3.05, 3.63) is 66.2 Å². The van der Waals surface area contributed by atoms with Crippen LogP contribution in [0.15, 0.2) is 60.7 Å². The molecule has 0 N–H and O–H groups in total. The number of pyridine rings is 1. The number of epoxide rings is 1. The fourth-order valence-corrected chi connectivity index (χ4v) is 3.22. The third-order valence-electron chi connectivity index (χ3n) is 4.27. The zero-order valence-electron chi connectivity index (χ0n) is 11.4. The average molecular weight is 271 g/mol. The van der Waals surface area contributed by atoms with Crippen molar-refractivity contribution in [2.45, 2.75) is 6.10 Å². The van der Waals surface area contributed by atoms with Crippen LogP contribution < -0.4 is 0 Å². The largest absolute Gasteiger partial charge is 0.368 e. The highest BCUT2D eigenvalue weighted by molar-refractivity contribution is 6.10. The molecule has 1 atom stereocenters. The Bertz CT molecular complexity index is 1000. The summed E-state index contributed by atoms with van der Waals surface area (Å²) in [6, 6.07) is 21.2. The molecule has 1 saturated heterocycles. The maximum Gasteiger partial charge on any atom is 0.107 e. The van der Waals surface area contributed by atoms with E-state index in [1.807, 2.05) is 6.07 Å². The van der Waals surface area contributed by atoms with Crippen molar-refractivity contribution < 1.29 is 4.74 Å². The van der Waals surface area contributed by atoms with Gasteiger partial charge in [-0.25, -0.2) is 4.98 Å². The second-order valence-electron chi connectivity index (χ2n) is 5.55. The molecule has 2 nitrogen and oxygen atoms in total. The lowest BCUT2D eigenvalue weighted by Gasteiger charge is -2.10. The lowest BCUT2D eigenvalue weighted by Crippen LogP contribution is -1.92. The number of hydrogen-bond donors (Lipinski definition) is 0. The van der Waals surface area contributed by atoms with E-state index in [9.17, 15) is 0 Å². The van der Waals surface area contributed by atoms with E-state index in [1.54, 1.807) is 0 Å². The van der Waals surface area contributed by atoms with Gasteiger partial charge in [-0.3, -0.25) is 0 Å². The van der Waals surface area contributed by atoms with Crippen molar-refractivity contribution in [2.24, 2.45) is 0 Å². The fraction of sp³-hybridized carbons (Fsp3) is 0.105. The number of fused-ring (bicyclic) bond motifs is 4. The molecule has 100 valence electrons. The molecule has 2 heteroatoms. The summed E-state index contributed by atoms with van der Waals surface area (Å²) < 4.78 is 5.60. The molecule has 2 heterocycles. The predicted octanol–water partition coefficient (Wildman–Crippen LogP) is 4.61. The Morgan fingerprint density at radius 3 is 2.43 bits per heavy atom. The minimum atomic E-state index is 0.224. The molecule has 0 bridgehead atoms. The van der Waals surface area contributed by atoms with Crippen LogP contribution in [-0.4, -0.2) is 11.6 Å². The van der Waals surface area contributed by atoms with Gasteiger partial charge in [-0.15, -0.1) is 0 Å². The maximum absolute atomic E-state index is 5.60. The van der Waals surface area contributed by atoms with Gasteiger partial charge in [-0.1, -0.05) is 54.6 Å². The molecule has 5 rings (SSSR count). The molecule has 1 unspecified atom stereocenters. The van der Waals surface area contributed by atoms with Crippen LogP contribution in [0.1, 0.15) is 11.7 Å². The molecular formula is C19H13NO. The van der Waals surface area contributed by atoms with Gasteiger partial charge in [0.1, 0.15) is 6.10 Å². The zero-order chi connectivity index (χ0) is 13.8. The van der Waals surface area contributed by atoms with E-state index in [4.69, 9.17) is 9.72 Å². The van der Waals surface area contributed by atoms with E-state index in [0.717, 1.165) is 17.6 Å². The van der Waals surface area contributed by atoms with Crippen LogP contribution in [0.25, 0.3) is 32.6 Å². The summed E-state index contributed by atoms with van der Waals surface area (Å²) in [5.41, 5.74) is 3.42. The zero-order valence-corrected chi connectivity index (χ0v) is 11.4. The van der Waals surface area contributed by atoms with Crippen LogP contribution in [-0.2, 0) is 4.74 Å². The van der Waals surface area contributed by atoms with Gasteiger partial charge >= 0.3 is 0 Å². The monoisotopic (exact) mass is 271 g/mol. The minimum Gasteiger partial charge on any atom is -0.368 e. The molecule has 0 radical (unpaired) electrons. The molecule has 0 aliphatic carbocycles. The third-order valence-corrected chi connectivity index (χ3v) is 4.27. The van der Waals surface area contributed by atoms with Crippen LogP contribution in [0.4, 0.5) is 0 Å². The van der Waals surface area contributed by atoms with Crippen molar-refractivity contribution in [1.82, 2.24) is 4.98 Å². The summed E-state index contributed by atoms with van der Waals surface area (Å²) in [6.45, 7) is 0.815. The van der Waals surface area contributed by atoms with E-state index in [1.165, 1.54) is 27.1 Å². The van der Waals surface area contributed by atoms with Gasteiger partial charge in [0.2, 0.25) is 0 Å². The molecule has 0 amide bonds. The first kappa shape index (κ1) is 11.2. The van der Waals surface area contributed by atoms with Gasteiger partial charge in [0.15, 0.2) is 0 Å². The van der Waals surface area contributed by atoms with Gasteiger partial charge in [0, 0.05) is 21.7 Å². The van der Waals surface area contributed by atoms with Gasteiger partial charge in [-0.05, 0) is 11.5 Å². The summed E-state index contributed by atoms with van der Waals surface area (Å²) in [7, 11) is 0. The number of benzene rings is 3. The van der Waals surface area contributed by atoms with Crippen molar-refractivity contribution in [2.75, 3.05) is 6.61 Å². The highest BCUT2D eigenvalue weighted by Crippen LogP contribution is 2.40. The van der Waals surface area contributed by atoms with E-state index < -0.39 is 0 Å². The topological polar surface area (TPSA) is 25.4 Å². The fourth-order valence-electron chi connectivity index (χ4n) is 3.22. The highest BCUT2D eigenvalue weighted by Gasteiger charge is 2.29. The van der Waals surface area contributed by atoms with Gasteiger partial charge < -0.3 is 4.74 Å². The maximum atomic E-state index is 5.60. The lowest BCUT2D eigenvalue weighted by atomic mass is 9.97. The second kappa shape index (κ2) is 4.03. The molecule has 1 aromatic heterocycles. The molecule has 0 spiro atoms. The molecular weight excluding hydrogens is 258 g/mol.